The van der Waals surface area contributed by atoms with Gasteiger partial charge in [-0.05, 0) is 12.1 Å². The van der Waals surface area contributed by atoms with Crippen molar-refractivity contribution in [3.05, 3.63) is 24.3 Å². The first-order valence-corrected chi connectivity index (χ1v) is 7.39. The molecular weight excluding hydrogens is 266 g/mol. The highest BCUT2D eigenvalue weighted by molar-refractivity contribution is 7.89. The van der Waals surface area contributed by atoms with Crippen LogP contribution in [0.15, 0.2) is 29.2 Å². The van der Waals surface area contributed by atoms with Gasteiger partial charge in [0.2, 0.25) is 15.9 Å². The zero-order valence-corrected chi connectivity index (χ0v) is 12.1. The smallest absolute Gasteiger partial charge is 0.242 e. The monoisotopic (exact) mass is 285 g/mol. The molecule has 0 radical (unpaired) electrons. The summed E-state index contributed by atoms with van der Waals surface area (Å²) >= 11 is 0. The molecule has 0 bridgehead atoms. The van der Waals surface area contributed by atoms with Crippen molar-refractivity contribution in [3.8, 4) is 0 Å². The van der Waals surface area contributed by atoms with Crippen LogP contribution in [0.2, 0.25) is 0 Å². The molecule has 0 saturated heterocycles. The Morgan fingerprint density at radius 2 is 1.89 bits per heavy atom. The third-order valence-electron chi connectivity index (χ3n) is 2.44. The molecule has 0 aliphatic rings. The van der Waals surface area contributed by atoms with Gasteiger partial charge in [-0.3, -0.25) is 4.79 Å². The number of amides is 1. The number of hydrogen-bond donors (Lipinski definition) is 2. The number of anilines is 1. The Morgan fingerprint density at radius 1 is 1.26 bits per heavy atom. The Balaban J connectivity index is 2.94. The first-order valence-electron chi connectivity index (χ1n) is 5.91. The molecule has 2 N–H and O–H groups in total. The van der Waals surface area contributed by atoms with Gasteiger partial charge in [-0.25, -0.2) is 13.1 Å². The molecule has 6 nitrogen and oxygen atoms in total. The lowest BCUT2D eigenvalue weighted by molar-refractivity contribution is -0.126. The fraction of sp³-hybridized carbons (Fsp3) is 0.417. The number of carbonyl (C=O) groups is 1. The van der Waals surface area contributed by atoms with Crippen molar-refractivity contribution in [3.63, 3.8) is 0 Å². The summed E-state index contributed by atoms with van der Waals surface area (Å²) in [7, 11) is -0.258. The molecular formula is C12H19N3O3S. The summed E-state index contributed by atoms with van der Waals surface area (Å²) in [6.07, 6.45) is 0. The molecule has 0 saturated carbocycles. The summed E-state index contributed by atoms with van der Waals surface area (Å²) in [6, 6.07) is 6.49. The molecule has 0 aromatic heterocycles. The number of sulfonamides is 1. The summed E-state index contributed by atoms with van der Waals surface area (Å²) in [5, 5.41) is 2.85. The van der Waals surface area contributed by atoms with Gasteiger partial charge in [0.1, 0.15) is 4.90 Å². The van der Waals surface area contributed by atoms with Crippen LogP contribution in [0.1, 0.15) is 6.92 Å². The van der Waals surface area contributed by atoms with Crippen molar-refractivity contribution >= 4 is 21.6 Å². The first kappa shape index (κ1) is 15.5. The van der Waals surface area contributed by atoms with Crippen molar-refractivity contribution in [2.75, 3.05) is 32.5 Å². The normalized spacial score (nSPS) is 11.1. The topological polar surface area (TPSA) is 78.5 Å². The van der Waals surface area contributed by atoms with Gasteiger partial charge in [0, 0.05) is 20.6 Å². The highest BCUT2D eigenvalue weighted by atomic mass is 32.2. The van der Waals surface area contributed by atoms with Crippen molar-refractivity contribution in [2.45, 2.75) is 11.8 Å². The van der Waals surface area contributed by atoms with Gasteiger partial charge < -0.3 is 10.2 Å². The minimum atomic E-state index is -3.55. The zero-order valence-electron chi connectivity index (χ0n) is 11.3. The van der Waals surface area contributed by atoms with Crippen LogP contribution in [-0.2, 0) is 14.8 Å². The highest BCUT2D eigenvalue weighted by Crippen LogP contribution is 2.20. The maximum Gasteiger partial charge on any atom is 0.242 e. The highest BCUT2D eigenvalue weighted by Gasteiger charge is 2.17. The second kappa shape index (κ2) is 6.53. The Hall–Kier alpha value is -1.60. The van der Waals surface area contributed by atoms with Crippen LogP contribution in [0.5, 0.6) is 0 Å². The van der Waals surface area contributed by atoms with E-state index >= 15 is 0 Å². The molecule has 0 fully saturated rings. The average molecular weight is 285 g/mol. The van der Waals surface area contributed by atoms with Gasteiger partial charge in [-0.15, -0.1) is 0 Å². The van der Waals surface area contributed by atoms with Crippen LogP contribution in [-0.4, -0.2) is 46.4 Å². The van der Waals surface area contributed by atoms with Gasteiger partial charge in [0.05, 0.1) is 12.2 Å². The Kier molecular flexibility index (Phi) is 5.31. The van der Waals surface area contributed by atoms with Crippen LogP contribution < -0.4 is 10.0 Å². The molecule has 19 heavy (non-hydrogen) atoms. The summed E-state index contributed by atoms with van der Waals surface area (Å²) in [5.74, 6) is -0.129. The molecule has 0 heterocycles. The first-order chi connectivity index (χ1) is 8.88. The number of carbonyl (C=O) groups excluding carboxylic acids is 1. The van der Waals surface area contributed by atoms with Crippen molar-refractivity contribution in [1.82, 2.24) is 9.62 Å². The second-order valence-electron chi connectivity index (χ2n) is 4.14. The molecule has 1 rings (SSSR count). The van der Waals surface area contributed by atoms with E-state index in [0.29, 0.717) is 12.2 Å². The number of likely N-dealkylation sites (N-methyl/N-ethyl adjacent to an activating group) is 1. The Morgan fingerprint density at radius 3 is 2.47 bits per heavy atom. The largest absolute Gasteiger partial charge is 0.375 e. The molecule has 0 aliphatic heterocycles. The lowest BCUT2D eigenvalue weighted by Gasteiger charge is -2.14. The number of rotatable bonds is 6. The van der Waals surface area contributed by atoms with Crippen LogP contribution >= 0.6 is 0 Å². The van der Waals surface area contributed by atoms with Gasteiger partial charge in [0.15, 0.2) is 0 Å². The quantitative estimate of drug-likeness (QED) is 0.797. The fourth-order valence-electron chi connectivity index (χ4n) is 1.44. The molecule has 0 spiro atoms. The number of nitrogens with zero attached hydrogens (tertiary/aromatic N) is 1. The minimum absolute atomic E-state index is 0.0473. The zero-order chi connectivity index (χ0) is 14.5. The molecule has 7 heteroatoms. The lowest BCUT2D eigenvalue weighted by Crippen LogP contribution is -2.29. The van der Waals surface area contributed by atoms with E-state index in [4.69, 9.17) is 0 Å². The van der Waals surface area contributed by atoms with E-state index in [1.54, 1.807) is 39.2 Å². The summed E-state index contributed by atoms with van der Waals surface area (Å²) in [6.45, 7) is 2.07. The third kappa shape index (κ3) is 4.22. The number of hydrogen-bond acceptors (Lipinski definition) is 4. The van der Waals surface area contributed by atoms with Crippen LogP contribution in [0.3, 0.4) is 0 Å². The van der Waals surface area contributed by atoms with Crippen molar-refractivity contribution in [1.29, 1.82) is 0 Å². The summed E-state index contributed by atoms with van der Waals surface area (Å²) in [5.41, 5.74) is 0.415. The van der Waals surface area contributed by atoms with Crippen molar-refractivity contribution in [2.24, 2.45) is 0 Å². The van der Waals surface area contributed by atoms with E-state index in [2.05, 4.69) is 10.0 Å². The minimum Gasteiger partial charge on any atom is -0.375 e. The van der Waals surface area contributed by atoms with E-state index in [0.717, 1.165) is 0 Å². The van der Waals surface area contributed by atoms with Gasteiger partial charge in [0.25, 0.3) is 0 Å². The third-order valence-corrected chi connectivity index (χ3v) is 4.04. The van der Waals surface area contributed by atoms with E-state index in [1.807, 2.05) is 0 Å². The van der Waals surface area contributed by atoms with E-state index < -0.39 is 10.0 Å². The molecule has 106 valence electrons. The van der Waals surface area contributed by atoms with Gasteiger partial charge in [-0.2, -0.15) is 0 Å². The van der Waals surface area contributed by atoms with E-state index in [9.17, 15) is 13.2 Å². The van der Waals surface area contributed by atoms with Crippen LogP contribution in [0.25, 0.3) is 0 Å². The molecule has 0 atom stereocenters. The number of benzene rings is 1. The number of nitrogens with one attached hydrogen (secondary N) is 2. The summed E-state index contributed by atoms with van der Waals surface area (Å²) in [4.78, 5) is 13.1. The SMILES string of the molecule is CCNS(=O)(=O)c1ccccc1NCC(=O)N(C)C. The Bertz CT molecular complexity index is 541. The van der Waals surface area contributed by atoms with Crippen LogP contribution in [0.4, 0.5) is 5.69 Å². The predicted molar refractivity (Wildman–Crippen MR) is 74.5 cm³/mol. The maximum absolute atomic E-state index is 12.0. The van der Waals surface area contributed by atoms with Gasteiger partial charge >= 0.3 is 0 Å². The summed E-state index contributed by atoms with van der Waals surface area (Å²) < 4.78 is 26.4. The molecule has 1 aromatic carbocycles. The van der Waals surface area contributed by atoms with Crippen LogP contribution in [0, 0.1) is 0 Å². The second-order valence-corrected chi connectivity index (χ2v) is 5.87. The molecule has 1 amide bonds. The number of para-hydroxylation sites is 1. The van der Waals surface area contributed by atoms with E-state index in [-0.39, 0.29) is 17.3 Å². The maximum atomic E-state index is 12.0. The fourth-order valence-corrected chi connectivity index (χ4v) is 2.67. The average Bonchev–Trinajstić information content (AvgIpc) is 2.36. The molecule has 0 unspecified atom stereocenters. The van der Waals surface area contributed by atoms with Gasteiger partial charge in [-0.1, -0.05) is 19.1 Å². The molecule has 0 aliphatic carbocycles. The molecule has 1 aromatic rings. The lowest BCUT2D eigenvalue weighted by atomic mass is 10.3. The van der Waals surface area contributed by atoms with Crippen molar-refractivity contribution < 1.29 is 13.2 Å². The predicted octanol–water partition coefficient (Wildman–Crippen LogP) is 0.485. The Labute approximate surface area is 113 Å². The van der Waals surface area contributed by atoms with E-state index in [1.165, 1.54) is 11.0 Å². The standard InChI is InChI=1S/C12H19N3O3S/c1-4-14-19(17,18)11-8-6-5-7-10(11)13-9-12(16)15(2)3/h5-8,13-14H,4,9H2,1-3H3.